The third kappa shape index (κ3) is 7.88. The molecule has 9 nitrogen and oxygen atoms in total. The summed E-state index contributed by atoms with van der Waals surface area (Å²) in [5.74, 6) is -2.29. The normalized spacial score (nSPS) is 14.9. The van der Waals surface area contributed by atoms with E-state index in [1.54, 1.807) is 26.0 Å². The summed E-state index contributed by atoms with van der Waals surface area (Å²) in [6.07, 6.45) is 3.99. The zero-order valence-corrected chi connectivity index (χ0v) is 21.5. The van der Waals surface area contributed by atoms with E-state index in [1.165, 1.54) is 11.3 Å². The molecule has 3 aromatic rings. The van der Waals surface area contributed by atoms with Gasteiger partial charge in [0.25, 0.3) is 0 Å². The minimum atomic E-state index is -4.32. The van der Waals surface area contributed by atoms with Crippen LogP contribution in [0.15, 0.2) is 60.2 Å². The first-order valence-electron chi connectivity index (χ1n) is 11.1. The van der Waals surface area contributed by atoms with Crippen molar-refractivity contribution in [3.05, 3.63) is 70.7 Å². The Hall–Kier alpha value is -2.75. The standard InChI is InChI=1S/C24H30N3O6PS/c1-16(2)22(26-34(31,32)33-15-20-5-4-12-35-20)23(28)25-21(24(29)30)13-17-6-8-18(9-7-17)19-10-11-27(3)14-19/h4-12,14,16,21-22H,13,15H2,1-3H3,(H,25,28)(H,29,30)(H2,26,31,32)/t21-,22-/m0/s1. The van der Waals surface area contributed by atoms with Gasteiger partial charge in [-0.2, -0.15) is 0 Å². The fraction of sp³-hybridized carbons (Fsp3) is 0.333. The summed E-state index contributed by atoms with van der Waals surface area (Å²) in [6, 6.07) is 10.7. The number of benzene rings is 1. The zero-order valence-electron chi connectivity index (χ0n) is 19.7. The summed E-state index contributed by atoms with van der Waals surface area (Å²) in [5, 5.41) is 16.4. The van der Waals surface area contributed by atoms with Crippen LogP contribution in [0.5, 0.6) is 0 Å². The molecule has 0 saturated carbocycles. The summed E-state index contributed by atoms with van der Waals surface area (Å²) < 4.78 is 19.6. The van der Waals surface area contributed by atoms with Gasteiger partial charge in [-0.25, -0.2) is 14.4 Å². The van der Waals surface area contributed by atoms with Gasteiger partial charge in [0, 0.05) is 30.7 Å². The number of carboxylic acids is 1. The molecule has 0 bridgehead atoms. The molecule has 2 heterocycles. The predicted molar refractivity (Wildman–Crippen MR) is 135 cm³/mol. The molecule has 1 unspecified atom stereocenters. The highest BCUT2D eigenvalue weighted by Crippen LogP contribution is 2.39. The maximum atomic E-state index is 12.9. The van der Waals surface area contributed by atoms with Crippen LogP contribution in [-0.2, 0) is 38.8 Å². The summed E-state index contributed by atoms with van der Waals surface area (Å²) in [6.45, 7) is 3.30. The molecular weight excluding hydrogens is 489 g/mol. The van der Waals surface area contributed by atoms with Gasteiger partial charge in [-0.1, -0.05) is 44.2 Å². The van der Waals surface area contributed by atoms with Crippen molar-refractivity contribution in [3.8, 4) is 11.1 Å². The Morgan fingerprint density at radius 1 is 1.14 bits per heavy atom. The molecule has 0 radical (unpaired) electrons. The Bertz CT molecular complexity index is 1180. The molecule has 3 atom stereocenters. The number of amides is 1. The topological polar surface area (TPSA) is 130 Å². The van der Waals surface area contributed by atoms with Crippen molar-refractivity contribution >= 4 is 31.0 Å². The Morgan fingerprint density at radius 2 is 1.86 bits per heavy atom. The first-order chi connectivity index (χ1) is 16.5. The van der Waals surface area contributed by atoms with Crippen molar-refractivity contribution in [2.45, 2.75) is 39.0 Å². The first-order valence-corrected chi connectivity index (χ1v) is 13.5. The van der Waals surface area contributed by atoms with Gasteiger partial charge in [-0.15, -0.1) is 11.3 Å². The number of nitrogens with zero attached hydrogens (tertiary/aromatic N) is 1. The number of thiophene rings is 1. The van der Waals surface area contributed by atoms with Crippen molar-refractivity contribution in [3.63, 3.8) is 0 Å². The number of nitrogens with one attached hydrogen (secondary N) is 2. The van der Waals surface area contributed by atoms with E-state index in [0.29, 0.717) is 0 Å². The Labute approximate surface area is 208 Å². The van der Waals surface area contributed by atoms with E-state index < -0.39 is 37.6 Å². The molecule has 0 aliphatic heterocycles. The lowest BCUT2D eigenvalue weighted by Crippen LogP contribution is -2.52. The molecule has 0 aliphatic carbocycles. The van der Waals surface area contributed by atoms with Crippen LogP contribution in [-0.4, -0.2) is 38.5 Å². The second-order valence-corrected chi connectivity index (χ2v) is 11.2. The molecule has 0 aliphatic rings. The Morgan fingerprint density at radius 3 is 2.40 bits per heavy atom. The van der Waals surface area contributed by atoms with E-state index in [2.05, 4.69) is 10.4 Å². The molecule has 0 fully saturated rings. The van der Waals surface area contributed by atoms with E-state index >= 15 is 0 Å². The van der Waals surface area contributed by atoms with E-state index in [0.717, 1.165) is 21.6 Å². The number of carbonyl (C=O) groups excluding carboxylic acids is 1. The first kappa shape index (κ1) is 26.8. The number of hydrogen-bond donors (Lipinski definition) is 4. The van der Waals surface area contributed by atoms with E-state index in [4.69, 9.17) is 4.52 Å². The van der Waals surface area contributed by atoms with Crippen LogP contribution in [0.2, 0.25) is 0 Å². The molecule has 0 saturated heterocycles. The summed E-state index contributed by atoms with van der Waals surface area (Å²) in [4.78, 5) is 35.8. The van der Waals surface area contributed by atoms with Gasteiger partial charge in [-0.3, -0.25) is 9.32 Å². The molecule has 3 rings (SSSR count). The second-order valence-electron chi connectivity index (χ2n) is 8.59. The average Bonchev–Trinajstić information content (AvgIpc) is 3.48. The number of aliphatic carboxylic acids is 1. The molecule has 4 N–H and O–H groups in total. The largest absolute Gasteiger partial charge is 0.480 e. The summed E-state index contributed by atoms with van der Waals surface area (Å²) >= 11 is 1.38. The number of carbonyl (C=O) groups is 2. The van der Waals surface area contributed by atoms with Crippen LogP contribution in [0.1, 0.15) is 24.3 Å². The highest BCUT2D eigenvalue weighted by atomic mass is 32.1. The maximum absolute atomic E-state index is 12.9. The predicted octanol–water partition coefficient (Wildman–Crippen LogP) is 3.80. The monoisotopic (exact) mass is 519 g/mol. The van der Waals surface area contributed by atoms with Gasteiger partial charge in [0.05, 0.1) is 12.6 Å². The summed E-state index contributed by atoms with van der Waals surface area (Å²) in [7, 11) is -2.38. The van der Waals surface area contributed by atoms with Gasteiger partial charge < -0.3 is 19.9 Å². The van der Waals surface area contributed by atoms with E-state index in [1.807, 2.05) is 59.7 Å². The molecule has 1 amide bonds. The van der Waals surface area contributed by atoms with E-state index in [9.17, 15) is 24.2 Å². The summed E-state index contributed by atoms with van der Waals surface area (Å²) in [5.41, 5.74) is 2.77. The van der Waals surface area contributed by atoms with Crippen LogP contribution in [0.4, 0.5) is 0 Å². The number of carboxylic acid groups (broad SMARTS) is 1. The lowest BCUT2D eigenvalue weighted by molar-refractivity contribution is -0.142. The lowest BCUT2D eigenvalue weighted by atomic mass is 10.0. The van der Waals surface area contributed by atoms with Gasteiger partial charge >= 0.3 is 13.7 Å². The second kappa shape index (κ2) is 11.8. The number of aryl methyl sites for hydroxylation is 1. The van der Waals surface area contributed by atoms with Gasteiger partial charge in [0.15, 0.2) is 0 Å². The quantitative estimate of drug-likeness (QED) is 0.268. The molecule has 11 heteroatoms. The minimum absolute atomic E-state index is 0.0621. The molecule has 35 heavy (non-hydrogen) atoms. The molecule has 2 aromatic heterocycles. The van der Waals surface area contributed by atoms with Gasteiger partial charge in [0.1, 0.15) is 6.04 Å². The fourth-order valence-corrected chi connectivity index (χ4v) is 5.33. The van der Waals surface area contributed by atoms with E-state index in [-0.39, 0.29) is 13.0 Å². The van der Waals surface area contributed by atoms with Crippen LogP contribution >= 0.6 is 19.1 Å². The van der Waals surface area contributed by atoms with Gasteiger partial charge in [-0.05, 0) is 40.1 Å². The van der Waals surface area contributed by atoms with Crippen LogP contribution < -0.4 is 10.4 Å². The van der Waals surface area contributed by atoms with Crippen molar-refractivity contribution in [2.24, 2.45) is 13.0 Å². The van der Waals surface area contributed by atoms with Crippen molar-refractivity contribution in [1.29, 1.82) is 0 Å². The van der Waals surface area contributed by atoms with Crippen molar-refractivity contribution in [2.75, 3.05) is 0 Å². The zero-order chi connectivity index (χ0) is 25.6. The SMILES string of the molecule is CC(C)[C@H](NP(=O)(O)OCc1cccs1)C(=O)N[C@@H](Cc1ccc(-c2ccn(C)c2)cc1)C(=O)O. The molecular formula is C24H30N3O6PS. The van der Waals surface area contributed by atoms with Crippen LogP contribution in [0, 0.1) is 5.92 Å². The maximum Gasteiger partial charge on any atom is 0.403 e. The molecule has 0 spiro atoms. The van der Waals surface area contributed by atoms with Crippen molar-refractivity contribution < 1.29 is 28.7 Å². The third-order valence-corrected chi connectivity index (χ3v) is 7.32. The van der Waals surface area contributed by atoms with Gasteiger partial charge in [0.2, 0.25) is 5.91 Å². The Balaban J connectivity index is 1.64. The number of hydrogen-bond acceptors (Lipinski definition) is 5. The molecule has 188 valence electrons. The Kier molecular flexibility index (Phi) is 9.04. The lowest BCUT2D eigenvalue weighted by Gasteiger charge is -2.26. The minimum Gasteiger partial charge on any atom is -0.480 e. The highest BCUT2D eigenvalue weighted by molar-refractivity contribution is 7.50. The van der Waals surface area contributed by atoms with Crippen LogP contribution in [0.25, 0.3) is 11.1 Å². The smallest absolute Gasteiger partial charge is 0.403 e. The fourth-order valence-electron chi connectivity index (χ4n) is 3.47. The highest BCUT2D eigenvalue weighted by Gasteiger charge is 2.33. The third-order valence-electron chi connectivity index (χ3n) is 5.39. The van der Waals surface area contributed by atoms with Crippen molar-refractivity contribution in [1.82, 2.24) is 15.0 Å². The van der Waals surface area contributed by atoms with Crippen LogP contribution in [0.3, 0.4) is 0 Å². The average molecular weight is 520 g/mol. The number of aromatic nitrogens is 1. The number of rotatable bonds is 12. The molecule has 1 aromatic carbocycles.